The Morgan fingerprint density at radius 2 is 1.71 bits per heavy atom. The summed E-state index contributed by atoms with van der Waals surface area (Å²) in [6, 6.07) is 16.7. The van der Waals surface area contributed by atoms with Crippen molar-refractivity contribution in [2.75, 3.05) is 7.11 Å². The molecule has 2 aromatic carbocycles. The second-order valence-corrected chi connectivity index (χ2v) is 5.16. The van der Waals surface area contributed by atoms with E-state index in [1.165, 1.54) is 0 Å². The van der Waals surface area contributed by atoms with Crippen molar-refractivity contribution >= 4 is 11.4 Å². The summed E-state index contributed by atoms with van der Waals surface area (Å²) >= 11 is 0. The molecule has 1 aliphatic carbocycles. The first kappa shape index (κ1) is 13.6. The van der Waals surface area contributed by atoms with E-state index in [1.54, 1.807) is 37.5 Å². The Hall–Kier alpha value is -2.39. The predicted octanol–water partition coefficient (Wildman–Crippen LogP) is 2.94. The Kier molecular flexibility index (Phi) is 3.35. The quantitative estimate of drug-likeness (QED) is 0.940. The third kappa shape index (κ3) is 2.36. The van der Waals surface area contributed by atoms with Gasteiger partial charge < -0.3 is 9.84 Å². The monoisotopic (exact) mass is 280 g/mol. The van der Waals surface area contributed by atoms with E-state index in [4.69, 9.17) is 4.74 Å². The van der Waals surface area contributed by atoms with Gasteiger partial charge in [-0.05, 0) is 34.9 Å². The fraction of sp³-hybridized carbons (Fsp3) is 0.167. The second-order valence-electron chi connectivity index (χ2n) is 5.16. The van der Waals surface area contributed by atoms with Crippen molar-refractivity contribution in [3.63, 3.8) is 0 Å². The van der Waals surface area contributed by atoms with Gasteiger partial charge in [0.15, 0.2) is 5.78 Å². The van der Waals surface area contributed by atoms with E-state index in [-0.39, 0.29) is 12.2 Å². The molecule has 0 heterocycles. The first-order valence-electron chi connectivity index (χ1n) is 6.81. The molecule has 1 unspecified atom stereocenters. The molecule has 2 aromatic rings. The van der Waals surface area contributed by atoms with E-state index >= 15 is 0 Å². The number of ketones is 1. The molecule has 0 radical (unpaired) electrons. The lowest BCUT2D eigenvalue weighted by Gasteiger charge is -2.27. The summed E-state index contributed by atoms with van der Waals surface area (Å²) in [5.74, 6) is 0.657. The van der Waals surface area contributed by atoms with Crippen molar-refractivity contribution < 1.29 is 14.6 Å². The number of methoxy groups -OCH3 is 1. The third-order valence-electron chi connectivity index (χ3n) is 3.83. The van der Waals surface area contributed by atoms with E-state index in [2.05, 4.69) is 0 Å². The predicted molar refractivity (Wildman–Crippen MR) is 80.9 cm³/mol. The van der Waals surface area contributed by atoms with Gasteiger partial charge in [0.05, 0.1) is 7.11 Å². The van der Waals surface area contributed by atoms with Crippen molar-refractivity contribution in [2.24, 2.45) is 0 Å². The molecule has 0 amide bonds. The van der Waals surface area contributed by atoms with Crippen molar-refractivity contribution in [1.82, 2.24) is 0 Å². The van der Waals surface area contributed by atoms with Gasteiger partial charge in [-0.25, -0.2) is 0 Å². The first-order chi connectivity index (χ1) is 10.1. The highest BCUT2D eigenvalue weighted by molar-refractivity contribution is 6.05. The lowest BCUT2D eigenvalue weighted by atomic mass is 9.84. The average molecular weight is 280 g/mol. The van der Waals surface area contributed by atoms with Crippen LogP contribution in [0.3, 0.4) is 0 Å². The highest BCUT2D eigenvalue weighted by Crippen LogP contribution is 2.43. The molecule has 3 rings (SSSR count). The third-order valence-corrected chi connectivity index (χ3v) is 3.83. The van der Waals surface area contributed by atoms with Crippen LogP contribution in [-0.2, 0) is 10.4 Å². The number of rotatable bonds is 3. The van der Waals surface area contributed by atoms with Gasteiger partial charge in [0.2, 0.25) is 0 Å². The molecule has 0 bridgehead atoms. The molecule has 0 saturated heterocycles. The van der Waals surface area contributed by atoms with Crippen molar-refractivity contribution in [3.8, 4) is 5.75 Å². The molecule has 3 heteroatoms. The number of carbonyl (C=O) groups is 1. The molecule has 106 valence electrons. The number of allylic oxidation sites excluding steroid dienone is 1. The molecular formula is C18H16O3. The Morgan fingerprint density at radius 1 is 1.05 bits per heavy atom. The highest BCUT2D eigenvalue weighted by Gasteiger charge is 2.41. The fourth-order valence-electron chi connectivity index (χ4n) is 2.74. The number of ether oxygens (including phenoxy) is 1. The second kappa shape index (κ2) is 5.19. The summed E-state index contributed by atoms with van der Waals surface area (Å²) in [5, 5.41) is 11.1. The summed E-state index contributed by atoms with van der Waals surface area (Å²) in [6.07, 6.45) is 1.61. The van der Waals surface area contributed by atoms with Crippen LogP contribution in [-0.4, -0.2) is 18.0 Å². The molecule has 0 aromatic heterocycles. The topological polar surface area (TPSA) is 46.5 Å². The van der Waals surface area contributed by atoms with Crippen LogP contribution < -0.4 is 4.74 Å². The molecule has 0 spiro atoms. The number of aliphatic hydroxyl groups is 1. The van der Waals surface area contributed by atoms with Crippen LogP contribution in [0.2, 0.25) is 0 Å². The van der Waals surface area contributed by atoms with Crippen molar-refractivity contribution in [2.45, 2.75) is 12.0 Å². The smallest absolute Gasteiger partial charge is 0.159 e. The summed E-state index contributed by atoms with van der Waals surface area (Å²) in [6.45, 7) is 0. The molecule has 1 atom stereocenters. The van der Waals surface area contributed by atoms with E-state index in [0.717, 1.165) is 11.3 Å². The molecule has 21 heavy (non-hydrogen) atoms. The van der Waals surface area contributed by atoms with Gasteiger partial charge in [0.25, 0.3) is 0 Å². The highest BCUT2D eigenvalue weighted by atomic mass is 16.5. The molecule has 1 aliphatic rings. The van der Waals surface area contributed by atoms with Gasteiger partial charge in [0, 0.05) is 6.42 Å². The maximum Gasteiger partial charge on any atom is 0.159 e. The Bertz CT molecular complexity index is 686. The van der Waals surface area contributed by atoms with E-state index in [9.17, 15) is 9.90 Å². The lowest BCUT2D eigenvalue weighted by molar-refractivity contribution is -0.116. The molecular weight excluding hydrogens is 264 g/mol. The van der Waals surface area contributed by atoms with Crippen LogP contribution in [0.5, 0.6) is 5.75 Å². The SMILES string of the molecule is COc1ccc(C2(O)CC(=O)C=C2c2ccccc2)cc1. The van der Waals surface area contributed by atoms with Gasteiger partial charge in [0.1, 0.15) is 11.4 Å². The molecule has 1 N–H and O–H groups in total. The minimum atomic E-state index is -1.27. The summed E-state index contributed by atoms with van der Waals surface area (Å²) in [4.78, 5) is 11.9. The Labute approximate surface area is 123 Å². The van der Waals surface area contributed by atoms with Crippen molar-refractivity contribution in [3.05, 3.63) is 71.8 Å². The van der Waals surface area contributed by atoms with Crippen LogP contribution in [0.25, 0.3) is 5.57 Å². The molecule has 3 nitrogen and oxygen atoms in total. The van der Waals surface area contributed by atoms with E-state index in [1.807, 2.05) is 30.3 Å². The zero-order valence-corrected chi connectivity index (χ0v) is 11.7. The van der Waals surface area contributed by atoms with E-state index in [0.29, 0.717) is 11.1 Å². The first-order valence-corrected chi connectivity index (χ1v) is 6.81. The summed E-state index contributed by atoms with van der Waals surface area (Å²) < 4.78 is 5.13. The summed E-state index contributed by atoms with van der Waals surface area (Å²) in [5.41, 5.74) is 0.939. The molecule has 0 fully saturated rings. The van der Waals surface area contributed by atoms with Crippen LogP contribution in [0, 0.1) is 0 Å². The van der Waals surface area contributed by atoms with Gasteiger partial charge in [-0.1, -0.05) is 42.5 Å². The largest absolute Gasteiger partial charge is 0.497 e. The van der Waals surface area contributed by atoms with Crippen LogP contribution in [0.15, 0.2) is 60.7 Å². The van der Waals surface area contributed by atoms with Crippen LogP contribution >= 0.6 is 0 Å². The zero-order chi connectivity index (χ0) is 14.9. The van der Waals surface area contributed by atoms with Crippen LogP contribution in [0.4, 0.5) is 0 Å². The fourth-order valence-corrected chi connectivity index (χ4v) is 2.74. The number of hydrogen-bond acceptors (Lipinski definition) is 3. The lowest BCUT2D eigenvalue weighted by Crippen LogP contribution is -2.25. The maximum atomic E-state index is 11.9. The minimum Gasteiger partial charge on any atom is -0.497 e. The Balaban J connectivity index is 2.06. The zero-order valence-electron chi connectivity index (χ0n) is 11.7. The average Bonchev–Trinajstić information content (AvgIpc) is 2.84. The molecule has 0 saturated carbocycles. The number of benzene rings is 2. The number of hydrogen-bond donors (Lipinski definition) is 1. The number of carbonyl (C=O) groups excluding carboxylic acids is 1. The van der Waals surface area contributed by atoms with Gasteiger partial charge in [-0.15, -0.1) is 0 Å². The van der Waals surface area contributed by atoms with Gasteiger partial charge in [-0.3, -0.25) is 4.79 Å². The van der Waals surface area contributed by atoms with Gasteiger partial charge in [-0.2, -0.15) is 0 Å². The normalized spacial score (nSPS) is 21.2. The Morgan fingerprint density at radius 3 is 2.33 bits per heavy atom. The van der Waals surface area contributed by atoms with Crippen LogP contribution in [0.1, 0.15) is 17.5 Å². The molecule has 0 aliphatic heterocycles. The standard InChI is InChI=1S/C18H16O3/c1-21-16-9-7-14(8-10-16)18(20)12-15(19)11-17(18)13-5-3-2-4-6-13/h2-11,20H,12H2,1H3. The van der Waals surface area contributed by atoms with E-state index < -0.39 is 5.60 Å². The summed E-state index contributed by atoms with van der Waals surface area (Å²) in [7, 11) is 1.60. The minimum absolute atomic E-state index is 0.0628. The van der Waals surface area contributed by atoms with Gasteiger partial charge >= 0.3 is 0 Å². The maximum absolute atomic E-state index is 11.9. The van der Waals surface area contributed by atoms with Crippen molar-refractivity contribution in [1.29, 1.82) is 0 Å².